The summed E-state index contributed by atoms with van der Waals surface area (Å²) in [6.07, 6.45) is 0. The Morgan fingerprint density at radius 3 is 2.36 bits per heavy atom. The average molecular weight is 327 g/mol. The van der Waals surface area contributed by atoms with Crippen LogP contribution in [0, 0.1) is 17.5 Å². The van der Waals surface area contributed by atoms with E-state index in [-0.39, 0.29) is 10.7 Å². The molecule has 0 aliphatic carbocycles. The molecular weight excluding hydrogens is 321 g/mol. The molecule has 0 amide bonds. The van der Waals surface area contributed by atoms with Gasteiger partial charge in [-0.25, -0.2) is 18.0 Å². The highest BCUT2D eigenvalue weighted by Gasteiger charge is 2.21. The van der Waals surface area contributed by atoms with Gasteiger partial charge >= 0.3 is 5.76 Å². The summed E-state index contributed by atoms with van der Waals surface area (Å²) in [6, 6.07) is 7.02. The third-order valence-corrected chi connectivity index (χ3v) is 3.18. The Bertz CT molecular complexity index is 900. The molecule has 0 aliphatic heterocycles. The van der Waals surface area contributed by atoms with E-state index in [4.69, 9.17) is 16.0 Å². The van der Waals surface area contributed by atoms with E-state index < -0.39 is 34.7 Å². The first-order valence-corrected chi connectivity index (χ1v) is 6.36. The molecule has 0 saturated carbocycles. The van der Waals surface area contributed by atoms with Crippen molar-refractivity contribution in [3.63, 3.8) is 0 Å². The quantitative estimate of drug-likeness (QED) is 0.723. The van der Waals surface area contributed by atoms with Gasteiger partial charge in [0.1, 0.15) is 22.9 Å². The smallest absolute Gasteiger partial charge is 0.387 e. The van der Waals surface area contributed by atoms with E-state index in [0.29, 0.717) is 4.68 Å². The van der Waals surface area contributed by atoms with Crippen LogP contribution < -0.4 is 5.76 Å². The number of aromatic nitrogens is 2. The van der Waals surface area contributed by atoms with Crippen molar-refractivity contribution in [2.75, 3.05) is 0 Å². The van der Waals surface area contributed by atoms with Gasteiger partial charge in [-0.2, -0.15) is 4.68 Å². The molecule has 1 aromatic heterocycles. The van der Waals surface area contributed by atoms with E-state index in [2.05, 4.69) is 5.10 Å². The van der Waals surface area contributed by atoms with Crippen LogP contribution in [0.1, 0.15) is 0 Å². The summed E-state index contributed by atoms with van der Waals surface area (Å²) in [6.45, 7) is 0. The summed E-state index contributed by atoms with van der Waals surface area (Å²) in [5.74, 6) is -4.51. The number of hydrogen-bond donors (Lipinski definition) is 0. The van der Waals surface area contributed by atoms with Crippen molar-refractivity contribution in [1.82, 2.24) is 9.78 Å². The molecule has 0 N–H and O–H groups in total. The van der Waals surface area contributed by atoms with Gasteiger partial charge in [0.2, 0.25) is 0 Å². The van der Waals surface area contributed by atoms with Crippen molar-refractivity contribution in [1.29, 1.82) is 0 Å². The van der Waals surface area contributed by atoms with Gasteiger partial charge < -0.3 is 4.42 Å². The second kappa shape index (κ2) is 5.34. The third-order valence-electron chi connectivity index (χ3n) is 2.88. The van der Waals surface area contributed by atoms with Gasteiger partial charge in [-0.15, -0.1) is 5.10 Å². The summed E-state index contributed by atoms with van der Waals surface area (Å²) in [5, 5.41) is 3.40. The summed E-state index contributed by atoms with van der Waals surface area (Å²) >= 11 is 5.62. The van der Waals surface area contributed by atoms with Crippen LogP contribution in [0.3, 0.4) is 0 Å². The molecule has 4 nitrogen and oxygen atoms in total. The van der Waals surface area contributed by atoms with Gasteiger partial charge in [-0.1, -0.05) is 23.7 Å². The number of benzene rings is 2. The van der Waals surface area contributed by atoms with Crippen molar-refractivity contribution in [2.24, 2.45) is 0 Å². The molecule has 3 rings (SSSR count). The summed E-state index contributed by atoms with van der Waals surface area (Å²) in [7, 11) is 0. The molecule has 0 spiro atoms. The Kier molecular flexibility index (Phi) is 3.50. The maximum atomic E-state index is 13.9. The predicted molar refractivity (Wildman–Crippen MR) is 72.4 cm³/mol. The molecular formula is C14H6ClF3N2O2. The molecule has 0 bridgehead atoms. The SMILES string of the molecule is O=c1oc(-c2c(F)cccc2F)nn1-c1cccc(Cl)c1F. The highest BCUT2D eigenvalue weighted by molar-refractivity contribution is 6.30. The predicted octanol–water partition coefficient (Wildman–Crippen LogP) is 3.56. The number of hydrogen-bond acceptors (Lipinski definition) is 3. The third kappa shape index (κ3) is 2.29. The van der Waals surface area contributed by atoms with Crippen molar-refractivity contribution >= 4 is 11.6 Å². The highest BCUT2D eigenvalue weighted by atomic mass is 35.5. The maximum absolute atomic E-state index is 13.9. The monoisotopic (exact) mass is 326 g/mol. The van der Waals surface area contributed by atoms with E-state index in [9.17, 15) is 18.0 Å². The minimum atomic E-state index is -1.10. The Labute approximate surface area is 126 Å². The van der Waals surface area contributed by atoms with Gasteiger partial charge in [0.25, 0.3) is 5.89 Å². The molecule has 0 atom stereocenters. The minimum Gasteiger partial charge on any atom is -0.387 e. The molecule has 8 heteroatoms. The van der Waals surface area contributed by atoms with Crippen LogP contribution in [-0.4, -0.2) is 9.78 Å². The standard InChI is InChI=1S/C14H6ClF3N2O2/c15-7-3-1-6-10(12(7)18)20-14(21)22-13(19-20)11-8(16)4-2-5-9(11)17/h1-6H. The molecule has 22 heavy (non-hydrogen) atoms. The molecule has 112 valence electrons. The minimum absolute atomic E-state index is 0.231. The van der Waals surface area contributed by atoms with Gasteiger partial charge in [0.15, 0.2) is 5.82 Å². The zero-order valence-electron chi connectivity index (χ0n) is 10.7. The van der Waals surface area contributed by atoms with Crippen molar-refractivity contribution < 1.29 is 17.6 Å². The Morgan fingerprint density at radius 2 is 1.68 bits per heavy atom. The largest absolute Gasteiger partial charge is 0.442 e. The van der Waals surface area contributed by atoms with Crippen LogP contribution in [0.25, 0.3) is 17.1 Å². The molecule has 2 aromatic carbocycles. The number of halogens is 4. The second-order valence-electron chi connectivity index (χ2n) is 4.25. The van der Waals surface area contributed by atoms with Crippen LogP contribution in [0.15, 0.2) is 45.6 Å². The van der Waals surface area contributed by atoms with Crippen molar-refractivity contribution in [2.45, 2.75) is 0 Å². The lowest BCUT2D eigenvalue weighted by atomic mass is 10.2. The highest BCUT2D eigenvalue weighted by Crippen LogP contribution is 2.25. The average Bonchev–Trinajstić information content (AvgIpc) is 2.83. The van der Waals surface area contributed by atoms with Gasteiger partial charge in [-0.05, 0) is 24.3 Å². The van der Waals surface area contributed by atoms with E-state index in [0.717, 1.165) is 18.2 Å². The van der Waals surface area contributed by atoms with E-state index in [1.165, 1.54) is 18.2 Å². The summed E-state index contributed by atoms with van der Waals surface area (Å²) in [4.78, 5) is 11.8. The molecule has 3 aromatic rings. The van der Waals surface area contributed by atoms with E-state index in [1.54, 1.807) is 0 Å². The van der Waals surface area contributed by atoms with E-state index >= 15 is 0 Å². The molecule has 1 heterocycles. The lowest BCUT2D eigenvalue weighted by Gasteiger charge is -2.01. The Balaban J connectivity index is 2.21. The summed E-state index contributed by atoms with van der Waals surface area (Å²) < 4.78 is 46.5. The Hall–Kier alpha value is -2.54. The Morgan fingerprint density at radius 1 is 1.05 bits per heavy atom. The molecule has 0 radical (unpaired) electrons. The number of nitrogens with zero attached hydrogens (tertiary/aromatic N) is 2. The van der Waals surface area contributed by atoms with Crippen LogP contribution in [0.5, 0.6) is 0 Å². The van der Waals surface area contributed by atoms with Crippen molar-refractivity contribution in [3.8, 4) is 17.1 Å². The fourth-order valence-electron chi connectivity index (χ4n) is 1.89. The zero-order chi connectivity index (χ0) is 15.9. The normalized spacial score (nSPS) is 10.9. The van der Waals surface area contributed by atoms with Gasteiger partial charge in [0.05, 0.1) is 5.02 Å². The first-order chi connectivity index (χ1) is 10.5. The lowest BCUT2D eigenvalue weighted by Crippen LogP contribution is -2.15. The van der Waals surface area contributed by atoms with Crippen LogP contribution in [-0.2, 0) is 0 Å². The van der Waals surface area contributed by atoms with Gasteiger partial charge in [0, 0.05) is 0 Å². The second-order valence-corrected chi connectivity index (χ2v) is 4.66. The molecule has 0 unspecified atom stereocenters. The fraction of sp³-hybridized carbons (Fsp3) is 0. The fourth-order valence-corrected chi connectivity index (χ4v) is 2.06. The summed E-state index contributed by atoms with van der Waals surface area (Å²) in [5.41, 5.74) is -0.898. The first kappa shape index (κ1) is 14.4. The maximum Gasteiger partial charge on any atom is 0.442 e. The molecule has 0 aliphatic rings. The first-order valence-electron chi connectivity index (χ1n) is 5.98. The van der Waals surface area contributed by atoms with Crippen LogP contribution in [0.2, 0.25) is 5.02 Å². The van der Waals surface area contributed by atoms with Crippen molar-refractivity contribution in [3.05, 3.63) is 69.4 Å². The van der Waals surface area contributed by atoms with Gasteiger partial charge in [-0.3, -0.25) is 0 Å². The number of rotatable bonds is 2. The lowest BCUT2D eigenvalue weighted by molar-refractivity contribution is 0.500. The van der Waals surface area contributed by atoms with Crippen LogP contribution >= 0.6 is 11.6 Å². The van der Waals surface area contributed by atoms with E-state index in [1.807, 2.05) is 0 Å². The topological polar surface area (TPSA) is 48.0 Å². The van der Waals surface area contributed by atoms with Crippen LogP contribution in [0.4, 0.5) is 13.2 Å². The zero-order valence-corrected chi connectivity index (χ0v) is 11.4. The molecule has 0 fully saturated rings. The molecule has 0 saturated heterocycles.